The lowest BCUT2D eigenvalue weighted by molar-refractivity contribution is 0.425. The van der Waals surface area contributed by atoms with E-state index in [-0.39, 0.29) is 30.8 Å². The molecule has 6 heteroatoms. The van der Waals surface area contributed by atoms with Gasteiger partial charge in [0.2, 0.25) is 10.0 Å². The number of sulfonamides is 1. The maximum Gasteiger partial charge on any atom is 0.243 e. The van der Waals surface area contributed by atoms with Gasteiger partial charge in [-0.1, -0.05) is 12.1 Å². The van der Waals surface area contributed by atoms with Gasteiger partial charge in [-0.2, -0.15) is 14.8 Å². The fourth-order valence-electron chi connectivity index (χ4n) is 1.39. The zero-order valence-corrected chi connectivity index (χ0v) is 10.5. The number of nitriles is 2. The lowest BCUT2D eigenvalue weighted by Gasteiger charge is -2.19. The third-order valence-corrected chi connectivity index (χ3v) is 4.18. The lowest BCUT2D eigenvalue weighted by atomic mass is 10.4. The monoisotopic (exact) mass is 262 g/mol. The lowest BCUT2D eigenvalue weighted by Crippen LogP contribution is -2.32. The highest BCUT2D eigenvalue weighted by molar-refractivity contribution is 7.89. The minimum absolute atomic E-state index is 0.0964. The van der Waals surface area contributed by atoms with Gasteiger partial charge in [0.1, 0.15) is 0 Å². The number of hydrogen-bond donors (Lipinski definition) is 0. The van der Waals surface area contributed by atoms with Crippen LogP contribution < -0.4 is 0 Å². The van der Waals surface area contributed by atoms with Crippen LogP contribution in [0.1, 0.15) is 12.8 Å². The maximum absolute atomic E-state index is 12.2. The van der Waals surface area contributed by atoms with E-state index in [1.165, 1.54) is 24.3 Å². The summed E-state index contributed by atoms with van der Waals surface area (Å²) in [7, 11) is -3.63. The molecule has 0 N–H and O–H groups in total. The number of nitrogens with zero attached hydrogens (tertiary/aromatic N) is 3. The van der Waals surface area contributed by atoms with E-state index in [9.17, 15) is 8.42 Å². The van der Waals surface area contributed by atoms with E-state index in [4.69, 9.17) is 10.5 Å². The molecule has 1 rings (SSSR count). The first kappa shape index (κ1) is 14.2. The fraction of sp³-hybridized carbons (Fsp3) is 0.333. The molecule has 5 nitrogen and oxygen atoms in total. The molecule has 18 heavy (non-hydrogen) atoms. The Bertz CT molecular complexity index is 537. The van der Waals surface area contributed by atoms with Gasteiger partial charge in [-0.15, -0.1) is 0 Å². The molecule has 0 saturated heterocycles. The molecule has 1 aromatic rings. The fourth-order valence-corrected chi connectivity index (χ4v) is 2.84. The van der Waals surface area contributed by atoms with Crippen molar-refractivity contribution >= 4 is 10.0 Å². The zero-order chi connectivity index (χ0) is 13.4. The molecule has 93 valence electrons. The Morgan fingerprint density at radius 1 is 1.11 bits per heavy atom. The molecule has 0 fully saturated rings. The summed E-state index contributed by atoms with van der Waals surface area (Å²) in [5.41, 5.74) is 0. The minimum Gasteiger partial charge on any atom is -0.207 e. The predicted octanol–water partition coefficient (Wildman–Crippen LogP) is 1.30. The molecule has 0 saturated carbocycles. The van der Waals surface area contributed by atoms with Crippen molar-refractivity contribution in [3.8, 4) is 12.1 Å². The van der Waals surface area contributed by atoms with Gasteiger partial charge in [0.15, 0.2) is 0 Å². The van der Waals surface area contributed by atoms with Gasteiger partial charge in [0, 0.05) is 25.9 Å². The molecule has 0 unspecified atom stereocenters. The summed E-state index contributed by atoms with van der Waals surface area (Å²) in [5, 5.41) is 17.1. The van der Waals surface area contributed by atoms with E-state index in [1.807, 2.05) is 12.1 Å². The zero-order valence-electron chi connectivity index (χ0n) is 9.70. The van der Waals surface area contributed by atoms with E-state index in [1.54, 1.807) is 0 Å². The first-order chi connectivity index (χ1) is 8.62. The van der Waals surface area contributed by atoms with Crippen LogP contribution in [0.4, 0.5) is 0 Å². The Hall–Kier alpha value is -1.89. The van der Waals surface area contributed by atoms with Crippen LogP contribution in [0.3, 0.4) is 0 Å². The summed E-state index contributed by atoms with van der Waals surface area (Å²) >= 11 is 0. The summed E-state index contributed by atoms with van der Waals surface area (Å²) in [4.78, 5) is 0.150. The second-order valence-corrected chi connectivity index (χ2v) is 5.39. The summed E-state index contributed by atoms with van der Waals surface area (Å²) in [6.45, 7) is 0.193. The van der Waals surface area contributed by atoms with Crippen molar-refractivity contribution in [2.75, 3.05) is 13.1 Å². The van der Waals surface area contributed by atoms with E-state index >= 15 is 0 Å². The molecule has 0 aromatic heterocycles. The molecule has 0 aliphatic heterocycles. The number of hydrogen-bond acceptors (Lipinski definition) is 4. The van der Waals surface area contributed by atoms with Gasteiger partial charge in [-0.05, 0) is 18.2 Å². The van der Waals surface area contributed by atoms with Gasteiger partial charge in [0.05, 0.1) is 17.0 Å². The Labute approximate surface area is 107 Å². The largest absolute Gasteiger partial charge is 0.243 e. The van der Waals surface area contributed by atoms with Crippen LogP contribution >= 0.6 is 0 Å². The number of rotatable bonds is 6. The van der Waals surface area contributed by atoms with Crippen LogP contribution in [0.5, 0.6) is 0 Å². The topological polar surface area (TPSA) is 85.0 Å². The molecule has 0 amide bonds. The summed E-state index contributed by atoms with van der Waals surface area (Å²) in [5.74, 6) is 0. The summed E-state index contributed by atoms with van der Waals surface area (Å²) in [6, 6.07) is 12.5. The maximum atomic E-state index is 12.2. The third-order valence-electron chi connectivity index (χ3n) is 2.27. The van der Waals surface area contributed by atoms with Gasteiger partial charge in [0.25, 0.3) is 0 Å². The molecule has 0 heterocycles. The van der Waals surface area contributed by atoms with Crippen LogP contribution in [0.15, 0.2) is 29.2 Å². The van der Waals surface area contributed by atoms with Crippen molar-refractivity contribution in [1.82, 2.24) is 4.31 Å². The average molecular weight is 262 g/mol. The molecule has 1 radical (unpaired) electrons. The molecule has 0 atom stereocenters. The highest BCUT2D eigenvalue weighted by Crippen LogP contribution is 2.15. The van der Waals surface area contributed by atoms with Crippen molar-refractivity contribution in [3.63, 3.8) is 0 Å². The van der Waals surface area contributed by atoms with Gasteiger partial charge < -0.3 is 0 Å². The first-order valence-corrected chi connectivity index (χ1v) is 6.77. The Kier molecular flexibility index (Phi) is 5.31. The Balaban J connectivity index is 2.97. The van der Waals surface area contributed by atoms with E-state index in [2.05, 4.69) is 6.07 Å². The molecular formula is C12H12N3O2S. The van der Waals surface area contributed by atoms with Crippen LogP contribution in [-0.2, 0) is 10.0 Å². The van der Waals surface area contributed by atoms with Crippen LogP contribution in [0.25, 0.3) is 0 Å². The molecule has 0 aliphatic carbocycles. The predicted molar refractivity (Wildman–Crippen MR) is 64.5 cm³/mol. The van der Waals surface area contributed by atoms with Crippen molar-refractivity contribution in [2.24, 2.45) is 0 Å². The first-order valence-electron chi connectivity index (χ1n) is 5.33. The van der Waals surface area contributed by atoms with E-state index in [0.29, 0.717) is 0 Å². The highest BCUT2D eigenvalue weighted by atomic mass is 32.2. The Morgan fingerprint density at radius 2 is 1.61 bits per heavy atom. The summed E-state index contributed by atoms with van der Waals surface area (Å²) in [6.07, 6.45) is 0.202. The van der Waals surface area contributed by atoms with Gasteiger partial charge in [-0.3, -0.25) is 0 Å². The average Bonchev–Trinajstić information content (AvgIpc) is 2.39. The summed E-state index contributed by atoms with van der Waals surface area (Å²) < 4.78 is 25.6. The van der Waals surface area contributed by atoms with Crippen molar-refractivity contribution < 1.29 is 8.42 Å². The normalized spacial score (nSPS) is 10.8. The standard InChI is InChI=1S/C12H12N3O2S/c13-8-4-10-15(11-5-9-14)18(16,17)12-6-2-1-3-7-12/h2-3,6-7H,4-5,10-11H2. The van der Waals surface area contributed by atoms with Crippen LogP contribution in [0, 0.1) is 28.7 Å². The molecule has 0 aliphatic rings. The second-order valence-electron chi connectivity index (χ2n) is 3.46. The second kappa shape index (κ2) is 6.75. The van der Waals surface area contributed by atoms with E-state index in [0.717, 1.165) is 4.31 Å². The van der Waals surface area contributed by atoms with Crippen LogP contribution in [-0.4, -0.2) is 25.8 Å². The minimum atomic E-state index is -3.63. The molecule has 0 spiro atoms. The SMILES string of the molecule is N#CCCN(CCC#N)S(=O)(=O)c1cc[c]cc1. The number of benzene rings is 1. The quantitative estimate of drug-likeness (QED) is 0.773. The van der Waals surface area contributed by atoms with Crippen LogP contribution in [0.2, 0.25) is 0 Å². The molecule has 0 bridgehead atoms. The van der Waals surface area contributed by atoms with Gasteiger partial charge >= 0.3 is 0 Å². The molecular weight excluding hydrogens is 250 g/mol. The smallest absolute Gasteiger partial charge is 0.207 e. The van der Waals surface area contributed by atoms with Crippen molar-refractivity contribution in [2.45, 2.75) is 17.7 Å². The van der Waals surface area contributed by atoms with E-state index < -0.39 is 10.0 Å². The van der Waals surface area contributed by atoms with Crippen molar-refractivity contribution in [3.05, 3.63) is 30.3 Å². The highest BCUT2D eigenvalue weighted by Gasteiger charge is 2.23. The third kappa shape index (κ3) is 3.56. The van der Waals surface area contributed by atoms with Crippen molar-refractivity contribution in [1.29, 1.82) is 10.5 Å². The molecule has 1 aromatic carbocycles. The van der Waals surface area contributed by atoms with Gasteiger partial charge in [-0.25, -0.2) is 8.42 Å². The Morgan fingerprint density at radius 3 is 2.06 bits per heavy atom.